The first-order valence-corrected chi connectivity index (χ1v) is 8.19. The van der Waals surface area contributed by atoms with E-state index in [0.29, 0.717) is 35.5 Å². The van der Waals surface area contributed by atoms with E-state index in [0.717, 1.165) is 25.7 Å². The van der Waals surface area contributed by atoms with Crippen molar-refractivity contribution in [1.29, 1.82) is 0 Å². The molecular formula is C18H20O2. The molecule has 0 bridgehead atoms. The summed E-state index contributed by atoms with van der Waals surface area (Å²) in [7, 11) is 0. The predicted octanol–water partition coefficient (Wildman–Crippen LogP) is 2.80. The number of rotatable bonds is 0. The average molecular weight is 268 g/mol. The lowest BCUT2D eigenvalue weighted by molar-refractivity contribution is -0.137. The van der Waals surface area contributed by atoms with E-state index in [-0.39, 0.29) is 23.4 Å². The maximum atomic E-state index is 12.4. The van der Waals surface area contributed by atoms with Gasteiger partial charge in [-0.05, 0) is 61.2 Å². The molecule has 2 heteroatoms. The van der Waals surface area contributed by atoms with E-state index in [4.69, 9.17) is 0 Å². The van der Waals surface area contributed by atoms with Crippen LogP contribution in [0, 0.1) is 47.3 Å². The van der Waals surface area contributed by atoms with E-state index in [9.17, 15) is 9.59 Å². The van der Waals surface area contributed by atoms with Crippen LogP contribution in [0.2, 0.25) is 0 Å². The van der Waals surface area contributed by atoms with Crippen molar-refractivity contribution in [3.63, 3.8) is 0 Å². The lowest BCUT2D eigenvalue weighted by Gasteiger charge is -2.55. The molecule has 20 heavy (non-hydrogen) atoms. The van der Waals surface area contributed by atoms with Crippen LogP contribution in [0.25, 0.3) is 0 Å². The van der Waals surface area contributed by atoms with Gasteiger partial charge in [-0.15, -0.1) is 0 Å². The van der Waals surface area contributed by atoms with Crippen LogP contribution in [-0.4, -0.2) is 11.6 Å². The first-order chi connectivity index (χ1) is 9.75. The fourth-order valence-electron chi connectivity index (χ4n) is 6.34. The average Bonchev–Trinajstić information content (AvgIpc) is 2.73. The van der Waals surface area contributed by atoms with Gasteiger partial charge in [0.05, 0.1) is 0 Å². The van der Waals surface area contributed by atoms with Crippen molar-refractivity contribution < 1.29 is 9.59 Å². The first-order valence-electron chi connectivity index (χ1n) is 8.19. The van der Waals surface area contributed by atoms with Gasteiger partial charge in [-0.3, -0.25) is 9.59 Å². The Morgan fingerprint density at radius 2 is 1.55 bits per heavy atom. The molecule has 0 aromatic rings. The monoisotopic (exact) mass is 268 g/mol. The largest absolute Gasteiger partial charge is 0.291 e. The van der Waals surface area contributed by atoms with Gasteiger partial charge in [0.15, 0.2) is 0 Å². The van der Waals surface area contributed by atoms with Crippen LogP contribution < -0.4 is 0 Å². The molecular weight excluding hydrogens is 248 g/mol. The lowest BCUT2D eigenvalue weighted by atomic mass is 9.48. The van der Waals surface area contributed by atoms with Gasteiger partial charge in [0.25, 0.3) is 0 Å². The van der Waals surface area contributed by atoms with Gasteiger partial charge in [0, 0.05) is 11.8 Å². The van der Waals surface area contributed by atoms with Crippen molar-refractivity contribution in [2.45, 2.75) is 25.7 Å². The zero-order valence-electron chi connectivity index (χ0n) is 11.6. The Hall–Kier alpha value is -1.18. The molecule has 5 aliphatic carbocycles. The van der Waals surface area contributed by atoms with Gasteiger partial charge in [0.2, 0.25) is 11.6 Å². The Morgan fingerprint density at radius 3 is 2.45 bits per heavy atom. The summed E-state index contributed by atoms with van der Waals surface area (Å²) >= 11 is 0. The molecule has 0 saturated heterocycles. The zero-order valence-corrected chi connectivity index (χ0v) is 11.6. The molecule has 8 atom stereocenters. The van der Waals surface area contributed by atoms with Crippen molar-refractivity contribution in [3.05, 3.63) is 24.3 Å². The SMILES string of the molecule is O=C1C(=O)C2CC3C=CCC4C=CC5CCC1C2C5C43. The van der Waals surface area contributed by atoms with Crippen molar-refractivity contribution in [3.8, 4) is 0 Å². The Bertz CT molecular complexity index is 558. The number of allylic oxidation sites excluding steroid dienone is 4. The summed E-state index contributed by atoms with van der Waals surface area (Å²) in [6, 6.07) is 0. The fraction of sp³-hybridized carbons (Fsp3) is 0.667. The molecule has 104 valence electrons. The summed E-state index contributed by atoms with van der Waals surface area (Å²) in [4.78, 5) is 24.7. The maximum absolute atomic E-state index is 12.4. The number of ketones is 2. The van der Waals surface area contributed by atoms with Crippen LogP contribution in [-0.2, 0) is 9.59 Å². The highest BCUT2D eigenvalue weighted by atomic mass is 16.2. The molecule has 5 rings (SSSR count). The second-order valence-corrected chi connectivity index (χ2v) is 7.53. The number of carbonyl (C=O) groups is 2. The summed E-state index contributed by atoms with van der Waals surface area (Å²) < 4.78 is 0. The molecule has 8 unspecified atom stereocenters. The second-order valence-electron chi connectivity index (χ2n) is 7.53. The highest BCUT2D eigenvalue weighted by Crippen LogP contribution is 2.62. The third kappa shape index (κ3) is 1.22. The van der Waals surface area contributed by atoms with Crippen LogP contribution in [0.3, 0.4) is 0 Å². The second kappa shape index (κ2) is 3.72. The van der Waals surface area contributed by atoms with Gasteiger partial charge in [-0.1, -0.05) is 24.3 Å². The predicted molar refractivity (Wildman–Crippen MR) is 74.7 cm³/mol. The van der Waals surface area contributed by atoms with Gasteiger partial charge >= 0.3 is 0 Å². The summed E-state index contributed by atoms with van der Waals surface area (Å²) in [5.41, 5.74) is 0. The van der Waals surface area contributed by atoms with E-state index in [2.05, 4.69) is 24.3 Å². The quantitative estimate of drug-likeness (QED) is 0.500. The van der Waals surface area contributed by atoms with Crippen molar-refractivity contribution in [2.24, 2.45) is 47.3 Å². The smallest absolute Gasteiger partial charge is 0.202 e. The Balaban J connectivity index is 1.67. The van der Waals surface area contributed by atoms with Crippen molar-refractivity contribution in [1.82, 2.24) is 0 Å². The molecule has 5 aliphatic rings. The fourth-order valence-corrected chi connectivity index (χ4v) is 6.34. The van der Waals surface area contributed by atoms with E-state index in [1.54, 1.807) is 0 Å². The molecule has 0 aromatic heterocycles. The molecule has 0 aromatic carbocycles. The first kappa shape index (κ1) is 11.5. The van der Waals surface area contributed by atoms with Gasteiger partial charge < -0.3 is 0 Å². The van der Waals surface area contributed by atoms with Crippen molar-refractivity contribution >= 4 is 11.6 Å². The van der Waals surface area contributed by atoms with Crippen LogP contribution in [0.15, 0.2) is 24.3 Å². The molecule has 0 amide bonds. The maximum Gasteiger partial charge on any atom is 0.202 e. The molecule has 3 fully saturated rings. The zero-order chi connectivity index (χ0) is 13.4. The van der Waals surface area contributed by atoms with E-state index in [1.807, 2.05) is 0 Å². The highest BCUT2D eigenvalue weighted by molar-refractivity contribution is 6.41. The number of carbonyl (C=O) groups excluding carboxylic acids is 2. The minimum atomic E-state index is -0.0239. The number of hydrogen-bond donors (Lipinski definition) is 0. The summed E-state index contributed by atoms with van der Waals surface area (Å²) in [5, 5.41) is 0. The third-order valence-corrected chi connectivity index (χ3v) is 6.95. The van der Waals surface area contributed by atoms with Crippen molar-refractivity contribution in [2.75, 3.05) is 0 Å². The van der Waals surface area contributed by atoms with Gasteiger partial charge in [-0.2, -0.15) is 0 Å². The highest BCUT2D eigenvalue weighted by Gasteiger charge is 2.62. The topological polar surface area (TPSA) is 34.1 Å². The van der Waals surface area contributed by atoms with Crippen LogP contribution in [0.5, 0.6) is 0 Å². The lowest BCUT2D eigenvalue weighted by Crippen LogP contribution is -2.51. The molecule has 0 N–H and O–H groups in total. The van der Waals surface area contributed by atoms with E-state index in [1.165, 1.54) is 0 Å². The summed E-state index contributed by atoms with van der Waals surface area (Å²) in [6.07, 6.45) is 13.7. The van der Waals surface area contributed by atoms with Crippen LogP contribution in [0.1, 0.15) is 25.7 Å². The van der Waals surface area contributed by atoms with Gasteiger partial charge in [0.1, 0.15) is 0 Å². The van der Waals surface area contributed by atoms with E-state index < -0.39 is 0 Å². The normalized spacial score (nSPS) is 55.0. The van der Waals surface area contributed by atoms with Crippen LogP contribution in [0.4, 0.5) is 0 Å². The Morgan fingerprint density at radius 1 is 0.750 bits per heavy atom. The minimum absolute atomic E-state index is 0.0211. The molecule has 3 saturated carbocycles. The molecule has 0 radical (unpaired) electrons. The minimum Gasteiger partial charge on any atom is -0.291 e. The Kier molecular flexibility index (Phi) is 2.13. The molecule has 0 spiro atoms. The number of hydrogen-bond acceptors (Lipinski definition) is 2. The third-order valence-electron chi connectivity index (χ3n) is 6.95. The van der Waals surface area contributed by atoms with E-state index >= 15 is 0 Å². The Labute approximate surface area is 119 Å². The molecule has 0 heterocycles. The number of Topliss-reactive ketones (excluding diaryl/α,β-unsaturated/α-hetero) is 2. The standard InChI is InChI=1S/C18H20O2/c19-17-12-7-6-10-5-4-9-2-1-3-11-8-13(18(17)20)16(12)15(10)14(9)11/h1,3-5,9-16H,2,6-8H2. The molecule has 0 aliphatic heterocycles. The molecule has 2 nitrogen and oxygen atoms in total. The summed E-state index contributed by atoms with van der Waals surface area (Å²) in [6.45, 7) is 0. The summed E-state index contributed by atoms with van der Waals surface area (Å²) in [5.74, 6) is 3.62. The van der Waals surface area contributed by atoms with Crippen LogP contribution >= 0.6 is 0 Å². The van der Waals surface area contributed by atoms with Gasteiger partial charge in [-0.25, -0.2) is 0 Å².